The zero-order valence-electron chi connectivity index (χ0n) is 13.4. The van der Waals surface area contributed by atoms with Crippen molar-refractivity contribution < 1.29 is 18.9 Å². The molecule has 0 saturated heterocycles. The van der Waals surface area contributed by atoms with E-state index < -0.39 is 0 Å². The van der Waals surface area contributed by atoms with E-state index in [1.165, 1.54) is 22.3 Å². The third-order valence-electron chi connectivity index (χ3n) is 4.97. The summed E-state index contributed by atoms with van der Waals surface area (Å²) in [6.07, 6.45) is 2.94. The lowest BCUT2D eigenvalue weighted by molar-refractivity contribution is 0.173. The van der Waals surface area contributed by atoms with Crippen molar-refractivity contribution in [3.63, 3.8) is 0 Å². The second-order valence-corrected chi connectivity index (χ2v) is 6.34. The summed E-state index contributed by atoms with van der Waals surface area (Å²) in [7, 11) is 0. The van der Waals surface area contributed by atoms with Crippen LogP contribution in [0.15, 0.2) is 24.3 Å². The van der Waals surface area contributed by atoms with Crippen molar-refractivity contribution in [1.82, 2.24) is 5.32 Å². The highest BCUT2D eigenvalue weighted by Gasteiger charge is 2.22. The standard InChI is InChI=1S/C19H19NO4/c1-2-13-7-17-18(23-10-22-17)8-14(13)5-6-20-9-15-12(1)3-4-16-19(15)24-11-21-16/h3-4,7-8,20H,1-2,5-6,9-11H2. The molecule has 0 saturated carbocycles. The van der Waals surface area contributed by atoms with E-state index in [0.717, 1.165) is 55.4 Å². The van der Waals surface area contributed by atoms with Crippen LogP contribution in [-0.4, -0.2) is 20.1 Å². The summed E-state index contributed by atoms with van der Waals surface area (Å²) in [5.41, 5.74) is 5.23. The molecule has 0 unspecified atom stereocenters. The van der Waals surface area contributed by atoms with Gasteiger partial charge in [0.05, 0.1) is 0 Å². The molecule has 24 heavy (non-hydrogen) atoms. The molecule has 3 aliphatic rings. The maximum atomic E-state index is 5.70. The predicted octanol–water partition coefficient (Wildman–Crippen LogP) is 2.57. The van der Waals surface area contributed by atoms with Gasteiger partial charge >= 0.3 is 0 Å². The van der Waals surface area contributed by atoms with Crippen molar-refractivity contribution in [2.75, 3.05) is 20.1 Å². The molecule has 5 nitrogen and oxygen atoms in total. The first-order valence-corrected chi connectivity index (χ1v) is 8.41. The molecule has 3 heterocycles. The van der Waals surface area contributed by atoms with E-state index in [2.05, 4.69) is 23.5 Å². The lowest BCUT2D eigenvalue weighted by Gasteiger charge is -2.18. The third kappa shape index (κ3) is 2.27. The lowest BCUT2D eigenvalue weighted by atomic mass is 9.93. The molecule has 3 aliphatic heterocycles. The van der Waals surface area contributed by atoms with E-state index in [9.17, 15) is 0 Å². The number of hydrogen-bond donors (Lipinski definition) is 1. The first-order valence-electron chi connectivity index (χ1n) is 8.41. The van der Waals surface area contributed by atoms with Crippen LogP contribution in [0.1, 0.15) is 22.3 Å². The molecule has 0 spiro atoms. The Morgan fingerprint density at radius 1 is 0.708 bits per heavy atom. The molecule has 2 aromatic rings. The van der Waals surface area contributed by atoms with Gasteiger partial charge in [-0.05, 0) is 60.7 Å². The van der Waals surface area contributed by atoms with Gasteiger partial charge in [0.25, 0.3) is 0 Å². The SMILES string of the molecule is c1cc2c(c3c1CCc1cc4c(cc1CCNC3)OCO4)OCO2. The van der Waals surface area contributed by atoms with Crippen molar-refractivity contribution in [3.05, 3.63) is 46.5 Å². The summed E-state index contributed by atoms with van der Waals surface area (Å²) < 4.78 is 22.3. The summed E-state index contributed by atoms with van der Waals surface area (Å²) in [6.45, 7) is 2.36. The van der Waals surface area contributed by atoms with E-state index in [-0.39, 0.29) is 0 Å². The van der Waals surface area contributed by atoms with Crippen LogP contribution in [0, 0.1) is 0 Å². The summed E-state index contributed by atoms with van der Waals surface area (Å²) >= 11 is 0. The maximum Gasteiger partial charge on any atom is 0.231 e. The average molecular weight is 325 g/mol. The predicted molar refractivity (Wildman–Crippen MR) is 87.9 cm³/mol. The van der Waals surface area contributed by atoms with Crippen LogP contribution in [-0.2, 0) is 25.8 Å². The largest absolute Gasteiger partial charge is 0.454 e. The van der Waals surface area contributed by atoms with Crippen LogP contribution < -0.4 is 24.3 Å². The molecule has 0 amide bonds. The minimum absolute atomic E-state index is 0.318. The average Bonchev–Trinajstić information content (AvgIpc) is 3.25. The molecular formula is C19H19NO4. The quantitative estimate of drug-likeness (QED) is 0.807. The van der Waals surface area contributed by atoms with E-state index in [4.69, 9.17) is 18.9 Å². The Balaban J connectivity index is 1.51. The van der Waals surface area contributed by atoms with E-state index in [1.807, 2.05) is 6.07 Å². The number of nitrogens with one attached hydrogen (secondary N) is 1. The van der Waals surface area contributed by atoms with Crippen molar-refractivity contribution >= 4 is 0 Å². The molecule has 5 heteroatoms. The van der Waals surface area contributed by atoms with Gasteiger partial charge in [0.2, 0.25) is 13.6 Å². The summed E-state index contributed by atoms with van der Waals surface area (Å²) in [6, 6.07) is 8.47. The molecule has 1 N–H and O–H groups in total. The fourth-order valence-corrected chi connectivity index (χ4v) is 3.70. The Morgan fingerprint density at radius 3 is 2.29 bits per heavy atom. The third-order valence-corrected chi connectivity index (χ3v) is 4.97. The highest BCUT2D eigenvalue weighted by Crippen LogP contribution is 2.39. The van der Waals surface area contributed by atoms with Crippen LogP contribution in [0.3, 0.4) is 0 Å². The summed E-state index contributed by atoms with van der Waals surface area (Å²) in [5.74, 6) is 3.50. The van der Waals surface area contributed by atoms with Crippen LogP contribution in [0.4, 0.5) is 0 Å². The van der Waals surface area contributed by atoms with E-state index >= 15 is 0 Å². The normalized spacial score (nSPS) is 18.0. The van der Waals surface area contributed by atoms with E-state index in [1.54, 1.807) is 0 Å². The number of aryl methyl sites for hydroxylation is 2. The molecule has 5 rings (SSSR count). The monoisotopic (exact) mass is 325 g/mol. The van der Waals surface area contributed by atoms with Gasteiger partial charge in [0.15, 0.2) is 23.0 Å². The minimum Gasteiger partial charge on any atom is -0.454 e. The molecule has 0 bridgehead atoms. The van der Waals surface area contributed by atoms with Gasteiger partial charge in [-0.2, -0.15) is 0 Å². The Morgan fingerprint density at radius 2 is 1.42 bits per heavy atom. The van der Waals surface area contributed by atoms with Crippen LogP contribution in [0.2, 0.25) is 0 Å². The highest BCUT2D eigenvalue weighted by atomic mass is 16.7. The van der Waals surface area contributed by atoms with Crippen molar-refractivity contribution in [2.45, 2.75) is 25.8 Å². The second kappa shape index (κ2) is 5.60. The molecule has 124 valence electrons. The molecule has 0 aliphatic carbocycles. The fraction of sp³-hybridized carbons (Fsp3) is 0.368. The van der Waals surface area contributed by atoms with Crippen LogP contribution in [0.5, 0.6) is 23.0 Å². The Hall–Kier alpha value is -2.40. The smallest absolute Gasteiger partial charge is 0.231 e. The Kier molecular flexibility index (Phi) is 3.26. The van der Waals surface area contributed by atoms with Gasteiger partial charge in [-0.25, -0.2) is 0 Å². The number of hydrogen-bond acceptors (Lipinski definition) is 5. The maximum absolute atomic E-state index is 5.70. The van der Waals surface area contributed by atoms with Crippen LogP contribution in [0.25, 0.3) is 0 Å². The van der Waals surface area contributed by atoms with Crippen molar-refractivity contribution in [2.24, 2.45) is 0 Å². The first kappa shape index (κ1) is 14.0. The van der Waals surface area contributed by atoms with Crippen molar-refractivity contribution in [1.29, 1.82) is 0 Å². The summed E-state index contributed by atoms with van der Waals surface area (Å²) in [4.78, 5) is 0. The molecule has 0 atom stereocenters. The van der Waals surface area contributed by atoms with Gasteiger partial charge in [-0.3, -0.25) is 0 Å². The number of fused-ring (bicyclic) bond motifs is 5. The van der Waals surface area contributed by atoms with Gasteiger partial charge in [-0.1, -0.05) is 6.07 Å². The van der Waals surface area contributed by atoms with Gasteiger partial charge in [0.1, 0.15) is 0 Å². The van der Waals surface area contributed by atoms with Gasteiger partial charge in [-0.15, -0.1) is 0 Å². The molecule has 2 aromatic carbocycles. The highest BCUT2D eigenvalue weighted by molar-refractivity contribution is 5.53. The second-order valence-electron chi connectivity index (χ2n) is 6.34. The van der Waals surface area contributed by atoms with E-state index in [0.29, 0.717) is 13.6 Å². The Labute approximate surface area is 140 Å². The summed E-state index contributed by atoms with van der Waals surface area (Å²) in [5, 5.41) is 3.54. The fourth-order valence-electron chi connectivity index (χ4n) is 3.70. The lowest BCUT2D eigenvalue weighted by Crippen LogP contribution is -2.20. The van der Waals surface area contributed by atoms with Crippen molar-refractivity contribution in [3.8, 4) is 23.0 Å². The molecule has 0 fully saturated rings. The topological polar surface area (TPSA) is 49.0 Å². The molecule has 0 aromatic heterocycles. The molecular weight excluding hydrogens is 306 g/mol. The minimum atomic E-state index is 0.318. The zero-order chi connectivity index (χ0) is 15.9. The number of rotatable bonds is 0. The van der Waals surface area contributed by atoms with Crippen LogP contribution >= 0.6 is 0 Å². The Bertz CT molecular complexity index is 800. The van der Waals surface area contributed by atoms with Gasteiger partial charge < -0.3 is 24.3 Å². The molecule has 0 radical (unpaired) electrons. The first-order chi connectivity index (χ1) is 11.9. The zero-order valence-corrected chi connectivity index (χ0v) is 13.4. The number of ether oxygens (including phenoxy) is 4. The number of benzene rings is 2. The van der Waals surface area contributed by atoms with Gasteiger partial charge in [0, 0.05) is 12.1 Å².